The van der Waals surface area contributed by atoms with Gasteiger partial charge in [0.05, 0.1) is 12.3 Å². The first-order chi connectivity index (χ1) is 17.5. The molecule has 3 saturated carbocycles. The van der Waals surface area contributed by atoms with Gasteiger partial charge in [-0.3, -0.25) is 25.6 Å². The van der Waals surface area contributed by atoms with E-state index in [0.717, 1.165) is 32.4 Å². The summed E-state index contributed by atoms with van der Waals surface area (Å²) in [5.74, 6) is 1.30. The van der Waals surface area contributed by atoms with E-state index in [1.54, 1.807) is 0 Å². The molecule has 204 valence electrons. The topological polar surface area (TPSA) is 91.9 Å². The van der Waals surface area contributed by atoms with Crippen molar-refractivity contribution in [3.05, 3.63) is 0 Å². The summed E-state index contributed by atoms with van der Waals surface area (Å²) in [5.41, 5.74) is 0. The number of fused-ring (bicyclic) bond motifs is 2. The third-order valence-electron chi connectivity index (χ3n) is 10.4. The van der Waals surface area contributed by atoms with Crippen molar-refractivity contribution in [2.45, 2.75) is 80.8 Å². The number of hydrogen-bond donors (Lipinski definition) is 5. The van der Waals surface area contributed by atoms with Gasteiger partial charge in [0.1, 0.15) is 12.2 Å². The summed E-state index contributed by atoms with van der Waals surface area (Å²) in [4.78, 5) is 17.2. The summed E-state index contributed by atoms with van der Waals surface area (Å²) in [7, 11) is 0. The Morgan fingerprint density at radius 1 is 0.917 bits per heavy atom. The van der Waals surface area contributed by atoms with E-state index < -0.39 is 6.17 Å². The third-order valence-corrected chi connectivity index (χ3v) is 10.9. The molecule has 0 bridgehead atoms. The molecule has 8 nitrogen and oxygen atoms in total. The quantitative estimate of drug-likeness (QED) is 0.345. The minimum absolute atomic E-state index is 0.0691. The Kier molecular flexibility index (Phi) is 7.79. The van der Waals surface area contributed by atoms with E-state index in [-0.39, 0.29) is 53.4 Å². The van der Waals surface area contributed by atoms with Crippen LogP contribution in [0.3, 0.4) is 0 Å². The van der Waals surface area contributed by atoms with Crippen molar-refractivity contribution in [3.63, 3.8) is 0 Å². The van der Waals surface area contributed by atoms with Crippen LogP contribution in [0.2, 0.25) is 0 Å². The molecule has 11 unspecified atom stereocenters. The van der Waals surface area contributed by atoms with Gasteiger partial charge < -0.3 is 15.3 Å². The molecule has 5 N–H and O–H groups in total. The van der Waals surface area contributed by atoms with Crippen molar-refractivity contribution in [1.29, 1.82) is 0 Å². The monoisotopic (exact) mass is 526 g/mol. The molecule has 6 rings (SSSR count). The van der Waals surface area contributed by atoms with Gasteiger partial charge in [0.2, 0.25) is 5.91 Å². The van der Waals surface area contributed by atoms with Crippen molar-refractivity contribution in [1.82, 2.24) is 31.1 Å². The average Bonchev–Trinajstić information content (AvgIpc) is 3.43. The van der Waals surface area contributed by atoms with E-state index in [4.69, 9.17) is 11.6 Å². The van der Waals surface area contributed by atoms with Crippen LogP contribution in [0.1, 0.15) is 44.9 Å². The van der Waals surface area contributed by atoms with Crippen LogP contribution in [0.4, 0.5) is 4.39 Å². The van der Waals surface area contributed by atoms with Crippen LogP contribution < -0.4 is 21.3 Å². The molecular weight excluding hydrogens is 483 g/mol. The molecule has 0 spiro atoms. The van der Waals surface area contributed by atoms with Crippen LogP contribution in [-0.4, -0.2) is 103 Å². The largest absolute Gasteiger partial charge is 0.393 e. The Hall–Kier alpha value is -0.550. The van der Waals surface area contributed by atoms with Crippen molar-refractivity contribution in [2.24, 2.45) is 29.6 Å². The lowest BCUT2D eigenvalue weighted by atomic mass is 9.57. The minimum Gasteiger partial charge on any atom is -0.393 e. The first-order valence-corrected chi connectivity index (χ1v) is 14.8. The van der Waals surface area contributed by atoms with Gasteiger partial charge in [-0.15, -0.1) is 11.6 Å². The second-order valence-electron chi connectivity index (χ2n) is 12.2. The number of carbonyl (C=O) groups is 1. The zero-order valence-electron chi connectivity index (χ0n) is 21.3. The van der Waals surface area contributed by atoms with Crippen molar-refractivity contribution in [2.75, 3.05) is 46.1 Å². The van der Waals surface area contributed by atoms with Crippen LogP contribution in [0, 0.1) is 29.6 Å². The van der Waals surface area contributed by atoms with Crippen molar-refractivity contribution >= 4 is 17.5 Å². The van der Waals surface area contributed by atoms with Gasteiger partial charge in [0, 0.05) is 69.3 Å². The molecule has 1 amide bonds. The number of alkyl halides is 2. The van der Waals surface area contributed by atoms with Crippen LogP contribution in [0.25, 0.3) is 0 Å². The van der Waals surface area contributed by atoms with E-state index in [1.807, 2.05) is 4.90 Å². The predicted octanol–water partition coefficient (Wildman–Crippen LogP) is 0.653. The number of nitrogens with zero attached hydrogens (tertiary/aromatic N) is 2. The summed E-state index contributed by atoms with van der Waals surface area (Å²) in [6.45, 7) is 4.95. The van der Waals surface area contributed by atoms with Gasteiger partial charge in [-0.25, -0.2) is 4.39 Å². The number of piperazine rings is 1. The number of rotatable bonds is 3. The fourth-order valence-corrected chi connectivity index (χ4v) is 9.27. The lowest BCUT2D eigenvalue weighted by Crippen LogP contribution is -2.71. The number of carbonyl (C=O) groups excluding carboxylic acids is 1. The molecule has 3 heterocycles. The first kappa shape index (κ1) is 25.7. The predicted molar refractivity (Wildman–Crippen MR) is 137 cm³/mol. The maximum atomic E-state index is 16.4. The van der Waals surface area contributed by atoms with Gasteiger partial charge in [-0.05, 0) is 43.4 Å². The van der Waals surface area contributed by atoms with E-state index in [9.17, 15) is 9.90 Å². The highest BCUT2D eigenvalue weighted by Gasteiger charge is 2.55. The SMILES string of the molecule is O=C(C1CNCN1)N1CCN(C2NCNC3C(F)C(C4CC(O)CC5CCCCC54)C(Cl)CC32)CC1. The first-order valence-electron chi connectivity index (χ1n) is 14.4. The molecule has 0 aromatic rings. The third kappa shape index (κ3) is 4.82. The van der Waals surface area contributed by atoms with Gasteiger partial charge >= 0.3 is 0 Å². The minimum atomic E-state index is -1.00. The highest BCUT2D eigenvalue weighted by molar-refractivity contribution is 6.21. The maximum Gasteiger partial charge on any atom is 0.241 e. The maximum absolute atomic E-state index is 16.4. The highest BCUT2D eigenvalue weighted by atomic mass is 35.5. The molecule has 0 aromatic carbocycles. The zero-order valence-corrected chi connectivity index (χ0v) is 22.0. The number of aliphatic hydroxyl groups is 1. The Morgan fingerprint density at radius 3 is 2.50 bits per heavy atom. The summed E-state index contributed by atoms with van der Waals surface area (Å²) in [6, 6.07) is -0.342. The van der Waals surface area contributed by atoms with Gasteiger partial charge in [-0.1, -0.05) is 19.3 Å². The second-order valence-corrected chi connectivity index (χ2v) is 12.8. The molecule has 0 aromatic heterocycles. The molecule has 0 radical (unpaired) electrons. The Labute approximate surface area is 219 Å². The molecule has 3 aliphatic heterocycles. The number of amides is 1. The number of hydrogen-bond acceptors (Lipinski definition) is 7. The summed E-state index contributed by atoms with van der Waals surface area (Å²) in [6.07, 6.45) is 5.92. The molecule has 10 heteroatoms. The van der Waals surface area contributed by atoms with Crippen molar-refractivity contribution < 1.29 is 14.3 Å². The molecule has 6 aliphatic rings. The molecule has 11 atom stereocenters. The summed E-state index contributed by atoms with van der Waals surface area (Å²) >= 11 is 7.09. The second kappa shape index (κ2) is 10.9. The number of aliphatic hydroxyl groups excluding tert-OH is 1. The van der Waals surface area contributed by atoms with Gasteiger partial charge in [-0.2, -0.15) is 0 Å². The molecule has 36 heavy (non-hydrogen) atoms. The van der Waals surface area contributed by atoms with Gasteiger partial charge in [0.25, 0.3) is 0 Å². The number of nitrogens with one attached hydrogen (secondary N) is 4. The normalized spacial score (nSPS) is 48.3. The standard InChI is InChI=1S/C26H44ClFN6O2/c27-20-11-19-24(23(28)22(20)18-10-16(35)9-15-3-1-2-4-17(15)18)31-14-32-25(19)33-5-7-34(8-6-33)26(36)21-12-29-13-30-21/h15-25,29-32,35H,1-14H2. The van der Waals surface area contributed by atoms with Crippen LogP contribution in [0.15, 0.2) is 0 Å². The lowest BCUT2D eigenvalue weighted by Gasteiger charge is -2.55. The Morgan fingerprint density at radius 2 is 1.72 bits per heavy atom. The molecular formula is C26H44ClFN6O2. The van der Waals surface area contributed by atoms with Crippen molar-refractivity contribution in [3.8, 4) is 0 Å². The summed E-state index contributed by atoms with van der Waals surface area (Å²) in [5, 5.41) is 23.9. The van der Waals surface area contributed by atoms with Crippen LogP contribution in [0.5, 0.6) is 0 Å². The zero-order chi connectivity index (χ0) is 24.8. The fraction of sp³-hybridized carbons (Fsp3) is 0.962. The fourth-order valence-electron chi connectivity index (χ4n) is 8.73. The molecule has 6 fully saturated rings. The van der Waals surface area contributed by atoms with E-state index >= 15 is 4.39 Å². The molecule has 3 aliphatic carbocycles. The van der Waals surface area contributed by atoms with Crippen LogP contribution >= 0.6 is 11.6 Å². The molecule has 3 saturated heterocycles. The van der Waals surface area contributed by atoms with Crippen LogP contribution in [-0.2, 0) is 4.79 Å². The van der Waals surface area contributed by atoms with Gasteiger partial charge in [0.15, 0.2) is 0 Å². The lowest BCUT2D eigenvalue weighted by molar-refractivity contribution is -0.135. The van der Waals surface area contributed by atoms with E-state index in [2.05, 4.69) is 26.2 Å². The summed E-state index contributed by atoms with van der Waals surface area (Å²) < 4.78 is 16.4. The Balaban J connectivity index is 1.12. The average molecular weight is 527 g/mol. The highest BCUT2D eigenvalue weighted by Crippen LogP contribution is 2.52. The van der Waals surface area contributed by atoms with E-state index in [1.165, 1.54) is 19.3 Å². The number of halogens is 2. The smallest absolute Gasteiger partial charge is 0.241 e. The van der Waals surface area contributed by atoms with E-state index in [0.29, 0.717) is 51.2 Å². The Bertz CT molecular complexity index is 782.